The van der Waals surface area contributed by atoms with Crippen LogP contribution in [0.15, 0.2) is 41.3 Å². The average Bonchev–Trinajstić information content (AvgIpc) is 2.74. The SMILES string of the molecule is CN(Cc1ccc(N)nc1)Cc1ccoc1. The smallest absolute Gasteiger partial charge is 0.123 e. The highest BCUT2D eigenvalue weighted by atomic mass is 16.3. The molecular formula is C12H15N3O. The van der Waals surface area contributed by atoms with Crippen LogP contribution in [0.5, 0.6) is 0 Å². The predicted molar refractivity (Wildman–Crippen MR) is 62.5 cm³/mol. The van der Waals surface area contributed by atoms with Crippen molar-refractivity contribution in [2.75, 3.05) is 12.8 Å². The van der Waals surface area contributed by atoms with Crippen molar-refractivity contribution in [3.05, 3.63) is 48.0 Å². The van der Waals surface area contributed by atoms with E-state index in [1.807, 2.05) is 18.2 Å². The zero-order valence-corrected chi connectivity index (χ0v) is 9.26. The first kappa shape index (κ1) is 10.7. The van der Waals surface area contributed by atoms with E-state index in [0.29, 0.717) is 5.82 Å². The first-order valence-electron chi connectivity index (χ1n) is 5.14. The van der Waals surface area contributed by atoms with Gasteiger partial charge in [0.2, 0.25) is 0 Å². The second-order valence-corrected chi connectivity index (χ2v) is 3.90. The van der Waals surface area contributed by atoms with Gasteiger partial charge in [-0.25, -0.2) is 4.98 Å². The number of nitrogen functional groups attached to an aromatic ring is 1. The molecule has 0 aromatic carbocycles. The summed E-state index contributed by atoms with van der Waals surface area (Å²) in [5.41, 5.74) is 7.86. The van der Waals surface area contributed by atoms with E-state index in [-0.39, 0.29) is 0 Å². The summed E-state index contributed by atoms with van der Waals surface area (Å²) >= 11 is 0. The van der Waals surface area contributed by atoms with E-state index in [9.17, 15) is 0 Å². The number of nitrogens with zero attached hydrogens (tertiary/aromatic N) is 2. The summed E-state index contributed by atoms with van der Waals surface area (Å²) in [6, 6.07) is 5.78. The van der Waals surface area contributed by atoms with Crippen LogP contribution in [0.1, 0.15) is 11.1 Å². The van der Waals surface area contributed by atoms with Gasteiger partial charge in [-0.2, -0.15) is 0 Å². The molecule has 16 heavy (non-hydrogen) atoms. The van der Waals surface area contributed by atoms with E-state index < -0.39 is 0 Å². The largest absolute Gasteiger partial charge is 0.472 e. The minimum Gasteiger partial charge on any atom is -0.472 e. The maximum Gasteiger partial charge on any atom is 0.123 e. The highest BCUT2D eigenvalue weighted by molar-refractivity contribution is 5.29. The van der Waals surface area contributed by atoms with E-state index in [1.54, 1.807) is 18.7 Å². The number of aromatic nitrogens is 1. The highest BCUT2D eigenvalue weighted by Gasteiger charge is 2.02. The fourth-order valence-electron chi connectivity index (χ4n) is 1.59. The lowest BCUT2D eigenvalue weighted by Gasteiger charge is -2.15. The van der Waals surface area contributed by atoms with Crippen molar-refractivity contribution in [2.45, 2.75) is 13.1 Å². The lowest BCUT2D eigenvalue weighted by atomic mass is 10.2. The summed E-state index contributed by atoms with van der Waals surface area (Å²) in [4.78, 5) is 6.25. The highest BCUT2D eigenvalue weighted by Crippen LogP contribution is 2.08. The Balaban J connectivity index is 1.92. The van der Waals surface area contributed by atoms with Gasteiger partial charge in [-0.05, 0) is 24.7 Å². The normalized spacial score (nSPS) is 10.9. The van der Waals surface area contributed by atoms with Gasteiger partial charge in [-0.3, -0.25) is 4.90 Å². The van der Waals surface area contributed by atoms with Gasteiger partial charge in [0.1, 0.15) is 5.82 Å². The number of rotatable bonds is 4. The monoisotopic (exact) mass is 217 g/mol. The van der Waals surface area contributed by atoms with Crippen LogP contribution >= 0.6 is 0 Å². The van der Waals surface area contributed by atoms with Gasteiger partial charge in [-0.1, -0.05) is 6.07 Å². The van der Waals surface area contributed by atoms with Crippen molar-refractivity contribution in [3.63, 3.8) is 0 Å². The Morgan fingerprint density at radius 2 is 2.06 bits per heavy atom. The maximum atomic E-state index is 5.53. The Kier molecular flexibility index (Phi) is 3.22. The molecule has 0 saturated heterocycles. The lowest BCUT2D eigenvalue weighted by Crippen LogP contribution is -2.16. The minimum atomic E-state index is 0.557. The second kappa shape index (κ2) is 4.81. The Bertz CT molecular complexity index is 422. The second-order valence-electron chi connectivity index (χ2n) is 3.90. The van der Waals surface area contributed by atoms with Crippen molar-refractivity contribution in [1.29, 1.82) is 0 Å². The van der Waals surface area contributed by atoms with Crippen LogP contribution in [0.4, 0.5) is 5.82 Å². The summed E-state index contributed by atoms with van der Waals surface area (Å²) < 4.78 is 5.03. The standard InChI is InChI=1S/C12H15N3O/c1-15(8-11-4-5-16-9-11)7-10-2-3-12(13)14-6-10/h2-6,9H,7-8H2,1H3,(H2,13,14). The van der Waals surface area contributed by atoms with Crippen molar-refractivity contribution < 1.29 is 4.42 Å². The van der Waals surface area contributed by atoms with Gasteiger partial charge in [0.05, 0.1) is 12.5 Å². The summed E-state index contributed by atoms with van der Waals surface area (Å²) in [7, 11) is 2.06. The van der Waals surface area contributed by atoms with Gasteiger partial charge < -0.3 is 10.2 Å². The van der Waals surface area contributed by atoms with Crippen LogP contribution in [0, 0.1) is 0 Å². The van der Waals surface area contributed by atoms with Crippen LogP contribution < -0.4 is 5.73 Å². The number of hydrogen-bond donors (Lipinski definition) is 1. The number of nitrogens with two attached hydrogens (primary N) is 1. The van der Waals surface area contributed by atoms with Crippen molar-refractivity contribution >= 4 is 5.82 Å². The van der Waals surface area contributed by atoms with E-state index >= 15 is 0 Å². The molecule has 2 aromatic rings. The molecule has 0 unspecified atom stereocenters. The van der Waals surface area contributed by atoms with E-state index in [1.165, 1.54) is 5.56 Å². The molecular weight excluding hydrogens is 202 g/mol. The van der Waals surface area contributed by atoms with Crippen molar-refractivity contribution in [3.8, 4) is 0 Å². The third-order valence-corrected chi connectivity index (χ3v) is 2.33. The zero-order chi connectivity index (χ0) is 11.4. The Morgan fingerprint density at radius 3 is 2.69 bits per heavy atom. The molecule has 0 spiro atoms. The molecule has 0 aliphatic rings. The molecule has 0 bridgehead atoms. The zero-order valence-electron chi connectivity index (χ0n) is 9.26. The van der Waals surface area contributed by atoms with Gasteiger partial charge in [-0.15, -0.1) is 0 Å². The van der Waals surface area contributed by atoms with Crippen LogP contribution in [-0.2, 0) is 13.1 Å². The summed E-state index contributed by atoms with van der Waals surface area (Å²) in [5.74, 6) is 0.557. The molecule has 0 saturated carbocycles. The first-order chi connectivity index (χ1) is 7.74. The van der Waals surface area contributed by atoms with Crippen LogP contribution in [0.2, 0.25) is 0 Å². The third kappa shape index (κ3) is 2.84. The molecule has 0 atom stereocenters. The number of furan rings is 1. The first-order valence-corrected chi connectivity index (χ1v) is 5.14. The molecule has 0 radical (unpaired) electrons. The molecule has 2 N–H and O–H groups in total. The van der Waals surface area contributed by atoms with Crippen LogP contribution in [-0.4, -0.2) is 16.9 Å². The summed E-state index contributed by atoms with van der Waals surface area (Å²) in [5, 5.41) is 0. The maximum absolute atomic E-state index is 5.53. The number of pyridine rings is 1. The molecule has 84 valence electrons. The van der Waals surface area contributed by atoms with Gasteiger partial charge >= 0.3 is 0 Å². The summed E-state index contributed by atoms with van der Waals surface area (Å²) in [6.07, 6.45) is 5.26. The van der Waals surface area contributed by atoms with Gasteiger partial charge in [0.25, 0.3) is 0 Å². The minimum absolute atomic E-state index is 0.557. The molecule has 0 amide bonds. The Labute approximate surface area is 94.7 Å². The fourth-order valence-corrected chi connectivity index (χ4v) is 1.59. The average molecular weight is 217 g/mol. The lowest BCUT2D eigenvalue weighted by molar-refractivity contribution is 0.317. The van der Waals surface area contributed by atoms with Crippen LogP contribution in [0.3, 0.4) is 0 Å². The Hall–Kier alpha value is -1.81. The molecule has 2 aromatic heterocycles. The fraction of sp³-hybridized carbons (Fsp3) is 0.250. The topological polar surface area (TPSA) is 55.3 Å². The molecule has 0 aliphatic heterocycles. The van der Waals surface area contributed by atoms with E-state index in [4.69, 9.17) is 10.2 Å². The molecule has 2 rings (SSSR count). The quantitative estimate of drug-likeness (QED) is 0.849. The molecule has 0 aliphatic carbocycles. The Morgan fingerprint density at radius 1 is 1.25 bits per heavy atom. The predicted octanol–water partition coefficient (Wildman–Crippen LogP) is 1.89. The van der Waals surface area contributed by atoms with Gasteiger partial charge in [0, 0.05) is 24.8 Å². The molecule has 0 fully saturated rings. The van der Waals surface area contributed by atoms with Crippen molar-refractivity contribution in [2.24, 2.45) is 0 Å². The number of anilines is 1. The number of hydrogen-bond acceptors (Lipinski definition) is 4. The molecule has 4 nitrogen and oxygen atoms in total. The van der Waals surface area contributed by atoms with Gasteiger partial charge in [0.15, 0.2) is 0 Å². The van der Waals surface area contributed by atoms with Crippen LogP contribution in [0.25, 0.3) is 0 Å². The van der Waals surface area contributed by atoms with E-state index in [0.717, 1.165) is 18.7 Å². The van der Waals surface area contributed by atoms with E-state index in [2.05, 4.69) is 16.9 Å². The third-order valence-electron chi connectivity index (χ3n) is 2.33. The summed E-state index contributed by atoms with van der Waals surface area (Å²) in [6.45, 7) is 1.71. The molecule has 4 heteroatoms. The molecule has 2 heterocycles. The van der Waals surface area contributed by atoms with Crippen molar-refractivity contribution in [1.82, 2.24) is 9.88 Å².